The average Bonchev–Trinajstić information content (AvgIpc) is 2.62. The Morgan fingerprint density at radius 2 is 2.12 bits per heavy atom. The molecule has 0 aromatic carbocycles. The molecule has 96 valence electrons. The highest BCUT2D eigenvalue weighted by Crippen LogP contribution is 2.16. The van der Waals surface area contributed by atoms with Gasteiger partial charge in [-0.3, -0.25) is 15.1 Å². The van der Waals surface area contributed by atoms with Crippen molar-refractivity contribution in [1.82, 2.24) is 10.3 Å². The monoisotopic (exact) mass is 239 g/mol. The van der Waals surface area contributed by atoms with E-state index in [1.807, 2.05) is 12.5 Å². The van der Waals surface area contributed by atoms with Crippen LogP contribution in [0, 0.1) is 5.41 Å². The van der Waals surface area contributed by atoms with Gasteiger partial charge in [-0.05, 0) is 24.6 Å². The second kappa shape index (κ2) is 5.33. The van der Waals surface area contributed by atoms with E-state index in [-0.39, 0.29) is 11.2 Å². The lowest BCUT2D eigenvalue weighted by atomic mass is 9.96. The average molecular weight is 239 g/mol. The van der Waals surface area contributed by atoms with Gasteiger partial charge in [0, 0.05) is 6.54 Å². The summed E-state index contributed by atoms with van der Waals surface area (Å²) in [4.78, 5) is 13.4. The third-order valence-corrected chi connectivity index (χ3v) is 2.19. The maximum absolute atomic E-state index is 11.2. The second-order valence-electron chi connectivity index (χ2n) is 5.47. The standard InChI is InChI=1S/C12H21N3O2/c1-12(2,3)8-15(4)7-9-5-6-10(17-9)11(16)14-13/h5-6H,7-8,13H2,1-4H3,(H,14,16). The Morgan fingerprint density at radius 1 is 1.47 bits per heavy atom. The van der Waals surface area contributed by atoms with Crippen molar-refractivity contribution in [3.8, 4) is 0 Å². The van der Waals surface area contributed by atoms with E-state index in [0.29, 0.717) is 6.54 Å². The lowest BCUT2D eigenvalue weighted by molar-refractivity contribution is 0.0921. The lowest BCUT2D eigenvalue weighted by Crippen LogP contribution is -2.29. The number of furan rings is 1. The summed E-state index contributed by atoms with van der Waals surface area (Å²) in [7, 11) is 2.02. The number of nitrogens with two attached hydrogens (primary N) is 1. The molecule has 17 heavy (non-hydrogen) atoms. The number of nitrogen functional groups attached to an aromatic ring is 1. The molecule has 0 bridgehead atoms. The summed E-state index contributed by atoms with van der Waals surface area (Å²) in [5.41, 5.74) is 2.27. The summed E-state index contributed by atoms with van der Waals surface area (Å²) in [6, 6.07) is 3.42. The van der Waals surface area contributed by atoms with E-state index in [0.717, 1.165) is 12.3 Å². The van der Waals surface area contributed by atoms with Gasteiger partial charge in [0.15, 0.2) is 5.76 Å². The van der Waals surface area contributed by atoms with Crippen LogP contribution >= 0.6 is 0 Å². The number of amides is 1. The van der Waals surface area contributed by atoms with E-state index in [1.54, 1.807) is 12.1 Å². The van der Waals surface area contributed by atoms with Crippen LogP contribution in [-0.2, 0) is 6.54 Å². The maximum atomic E-state index is 11.2. The molecule has 0 fully saturated rings. The molecule has 0 radical (unpaired) electrons. The van der Waals surface area contributed by atoms with Crippen molar-refractivity contribution in [3.63, 3.8) is 0 Å². The highest BCUT2D eigenvalue weighted by atomic mass is 16.4. The van der Waals surface area contributed by atoms with Gasteiger partial charge in [0.05, 0.1) is 6.54 Å². The van der Waals surface area contributed by atoms with E-state index in [4.69, 9.17) is 10.3 Å². The Labute approximate surface area is 102 Å². The molecular weight excluding hydrogens is 218 g/mol. The molecule has 0 aliphatic heterocycles. The summed E-state index contributed by atoms with van der Waals surface area (Å²) >= 11 is 0. The summed E-state index contributed by atoms with van der Waals surface area (Å²) < 4.78 is 5.39. The molecule has 0 saturated carbocycles. The third-order valence-electron chi connectivity index (χ3n) is 2.19. The van der Waals surface area contributed by atoms with Gasteiger partial charge in [0.2, 0.25) is 0 Å². The number of nitrogens with one attached hydrogen (secondary N) is 1. The van der Waals surface area contributed by atoms with Crippen molar-refractivity contribution in [2.45, 2.75) is 27.3 Å². The summed E-state index contributed by atoms with van der Waals surface area (Å²) in [5, 5.41) is 0. The van der Waals surface area contributed by atoms with Gasteiger partial charge in [0.1, 0.15) is 5.76 Å². The minimum atomic E-state index is -0.408. The molecule has 5 heteroatoms. The third kappa shape index (κ3) is 4.58. The lowest BCUT2D eigenvalue weighted by Gasteiger charge is -2.25. The Morgan fingerprint density at radius 3 is 2.65 bits per heavy atom. The zero-order chi connectivity index (χ0) is 13.1. The predicted octanol–water partition coefficient (Wildman–Crippen LogP) is 1.36. The largest absolute Gasteiger partial charge is 0.455 e. The molecule has 3 N–H and O–H groups in total. The van der Waals surface area contributed by atoms with E-state index in [2.05, 4.69) is 25.7 Å². The smallest absolute Gasteiger partial charge is 0.300 e. The predicted molar refractivity (Wildman–Crippen MR) is 66.2 cm³/mol. The van der Waals surface area contributed by atoms with E-state index >= 15 is 0 Å². The number of hydrogen-bond acceptors (Lipinski definition) is 4. The Balaban J connectivity index is 2.57. The number of rotatable bonds is 4. The van der Waals surface area contributed by atoms with Gasteiger partial charge in [-0.2, -0.15) is 0 Å². The molecule has 0 spiro atoms. The van der Waals surface area contributed by atoms with Crippen LogP contribution in [0.25, 0.3) is 0 Å². The number of hydrazine groups is 1. The van der Waals surface area contributed by atoms with Gasteiger partial charge in [-0.15, -0.1) is 0 Å². The highest BCUT2D eigenvalue weighted by Gasteiger charge is 2.15. The minimum Gasteiger partial charge on any atom is -0.455 e. The topological polar surface area (TPSA) is 71.5 Å². The zero-order valence-electron chi connectivity index (χ0n) is 10.9. The Kier molecular flexibility index (Phi) is 4.31. The number of hydrogen-bond donors (Lipinski definition) is 2. The van der Waals surface area contributed by atoms with Crippen LogP contribution in [-0.4, -0.2) is 24.4 Å². The van der Waals surface area contributed by atoms with Crippen LogP contribution < -0.4 is 11.3 Å². The summed E-state index contributed by atoms with van der Waals surface area (Å²) in [6.45, 7) is 8.16. The fourth-order valence-corrected chi connectivity index (χ4v) is 1.79. The van der Waals surface area contributed by atoms with E-state index in [9.17, 15) is 4.79 Å². The van der Waals surface area contributed by atoms with Crippen molar-refractivity contribution in [1.29, 1.82) is 0 Å². The first-order chi connectivity index (χ1) is 7.81. The molecule has 0 unspecified atom stereocenters. The fraction of sp³-hybridized carbons (Fsp3) is 0.583. The molecule has 1 rings (SSSR count). The van der Waals surface area contributed by atoms with Gasteiger partial charge >= 0.3 is 5.91 Å². The van der Waals surface area contributed by atoms with Gasteiger partial charge in [-0.25, -0.2) is 5.84 Å². The molecule has 1 aromatic rings. The van der Waals surface area contributed by atoms with Crippen LogP contribution in [0.2, 0.25) is 0 Å². The SMILES string of the molecule is CN(Cc1ccc(C(=O)NN)o1)CC(C)(C)C. The number of nitrogens with zero attached hydrogens (tertiary/aromatic N) is 1. The van der Waals surface area contributed by atoms with Crippen molar-refractivity contribution >= 4 is 5.91 Å². The molecule has 1 heterocycles. The first kappa shape index (κ1) is 13.7. The van der Waals surface area contributed by atoms with Crippen LogP contribution in [0.3, 0.4) is 0 Å². The molecule has 1 aromatic heterocycles. The molecule has 1 amide bonds. The second-order valence-corrected chi connectivity index (χ2v) is 5.47. The van der Waals surface area contributed by atoms with Crippen molar-refractivity contribution < 1.29 is 9.21 Å². The quantitative estimate of drug-likeness (QED) is 0.473. The molecule has 0 atom stereocenters. The first-order valence-electron chi connectivity index (χ1n) is 5.60. The van der Waals surface area contributed by atoms with Crippen molar-refractivity contribution in [2.75, 3.05) is 13.6 Å². The molecule has 0 aliphatic carbocycles. The van der Waals surface area contributed by atoms with E-state index < -0.39 is 5.91 Å². The normalized spacial score (nSPS) is 11.9. The number of carbonyl (C=O) groups excluding carboxylic acids is 1. The Hall–Kier alpha value is -1.33. The summed E-state index contributed by atoms with van der Waals surface area (Å²) in [5.74, 6) is 5.62. The van der Waals surface area contributed by atoms with Gasteiger partial charge in [0.25, 0.3) is 0 Å². The minimum absolute atomic E-state index is 0.235. The van der Waals surface area contributed by atoms with Crippen LogP contribution in [0.15, 0.2) is 16.5 Å². The maximum Gasteiger partial charge on any atom is 0.300 e. The molecule has 0 aliphatic rings. The van der Waals surface area contributed by atoms with Crippen LogP contribution in [0.5, 0.6) is 0 Å². The molecular formula is C12H21N3O2. The van der Waals surface area contributed by atoms with E-state index in [1.165, 1.54) is 0 Å². The van der Waals surface area contributed by atoms with Gasteiger partial charge in [-0.1, -0.05) is 20.8 Å². The van der Waals surface area contributed by atoms with Crippen LogP contribution in [0.4, 0.5) is 0 Å². The zero-order valence-corrected chi connectivity index (χ0v) is 10.9. The molecule has 5 nitrogen and oxygen atoms in total. The van der Waals surface area contributed by atoms with Crippen molar-refractivity contribution in [3.05, 3.63) is 23.7 Å². The highest BCUT2D eigenvalue weighted by molar-refractivity contribution is 5.90. The van der Waals surface area contributed by atoms with Gasteiger partial charge < -0.3 is 4.42 Å². The van der Waals surface area contributed by atoms with Crippen LogP contribution in [0.1, 0.15) is 37.1 Å². The van der Waals surface area contributed by atoms with Crippen molar-refractivity contribution in [2.24, 2.45) is 11.3 Å². The number of carbonyl (C=O) groups is 1. The Bertz CT molecular complexity index is 379. The molecule has 0 saturated heterocycles. The first-order valence-corrected chi connectivity index (χ1v) is 5.60. The fourth-order valence-electron chi connectivity index (χ4n) is 1.79. The summed E-state index contributed by atoms with van der Waals surface area (Å²) in [6.07, 6.45) is 0.